The van der Waals surface area contributed by atoms with Gasteiger partial charge in [0.2, 0.25) is 0 Å². The Morgan fingerprint density at radius 2 is 2.33 bits per heavy atom. The molecule has 2 rings (SSSR count). The van der Waals surface area contributed by atoms with Crippen molar-refractivity contribution in [3.05, 3.63) is 24.0 Å². The number of rotatable bonds is 1. The van der Waals surface area contributed by atoms with Crippen LogP contribution < -0.4 is 5.32 Å². The molecule has 0 saturated carbocycles. The second kappa shape index (κ2) is 3.73. The van der Waals surface area contributed by atoms with E-state index in [4.69, 9.17) is 5.11 Å². The minimum Gasteiger partial charge on any atom is -0.480 e. The van der Waals surface area contributed by atoms with Crippen molar-refractivity contribution in [2.45, 2.75) is 23.1 Å². The third-order valence-corrected chi connectivity index (χ3v) is 3.73. The van der Waals surface area contributed by atoms with Gasteiger partial charge >= 0.3 is 5.97 Å². The number of nitrogens with one attached hydrogen (secondary N) is 1. The van der Waals surface area contributed by atoms with Crippen molar-refractivity contribution in [1.82, 2.24) is 0 Å². The maximum absolute atomic E-state index is 12.9. The summed E-state index contributed by atoms with van der Waals surface area (Å²) in [7, 11) is 0. The summed E-state index contributed by atoms with van der Waals surface area (Å²) in [5, 5.41) is 11.4. The van der Waals surface area contributed by atoms with E-state index in [9.17, 15) is 9.18 Å². The van der Waals surface area contributed by atoms with Gasteiger partial charge in [-0.3, -0.25) is 4.79 Å². The number of benzene rings is 1. The van der Waals surface area contributed by atoms with E-state index in [1.54, 1.807) is 13.0 Å². The SMILES string of the molecule is CC1Nc2ccc(F)cc2SC1C(=O)O. The Bertz CT molecular complexity index is 410. The number of carboxylic acid groups (broad SMARTS) is 1. The summed E-state index contributed by atoms with van der Waals surface area (Å²) in [5.41, 5.74) is 0.798. The molecule has 1 aromatic rings. The Morgan fingerprint density at radius 1 is 1.60 bits per heavy atom. The summed E-state index contributed by atoms with van der Waals surface area (Å²) in [6.07, 6.45) is 0. The van der Waals surface area contributed by atoms with Crippen LogP contribution in [0.15, 0.2) is 23.1 Å². The summed E-state index contributed by atoms with van der Waals surface area (Å²) < 4.78 is 12.9. The number of aliphatic carboxylic acids is 1. The Hall–Kier alpha value is -1.23. The molecule has 0 radical (unpaired) electrons. The van der Waals surface area contributed by atoms with Gasteiger partial charge in [0, 0.05) is 16.6 Å². The Morgan fingerprint density at radius 3 is 3.00 bits per heavy atom. The minimum absolute atomic E-state index is 0.162. The first-order valence-electron chi connectivity index (χ1n) is 4.53. The van der Waals surface area contributed by atoms with E-state index in [-0.39, 0.29) is 11.9 Å². The topological polar surface area (TPSA) is 49.3 Å². The first-order valence-corrected chi connectivity index (χ1v) is 5.41. The predicted octanol–water partition coefficient (Wildman–Crippen LogP) is 2.18. The molecule has 1 aliphatic heterocycles. The predicted molar refractivity (Wildman–Crippen MR) is 56.8 cm³/mol. The van der Waals surface area contributed by atoms with E-state index < -0.39 is 11.2 Å². The first kappa shape index (κ1) is 10.3. The molecule has 0 fully saturated rings. The lowest BCUT2D eigenvalue weighted by atomic mass is 10.2. The molecule has 0 aliphatic carbocycles. The van der Waals surface area contributed by atoms with Crippen LogP contribution >= 0.6 is 11.8 Å². The number of halogens is 1. The van der Waals surface area contributed by atoms with E-state index in [1.807, 2.05) is 0 Å². The van der Waals surface area contributed by atoms with Crippen molar-refractivity contribution in [2.75, 3.05) is 5.32 Å². The van der Waals surface area contributed by atoms with Crippen molar-refractivity contribution < 1.29 is 14.3 Å². The number of carboxylic acids is 1. The van der Waals surface area contributed by atoms with E-state index in [2.05, 4.69) is 5.32 Å². The van der Waals surface area contributed by atoms with Gasteiger partial charge in [-0.05, 0) is 25.1 Å². The van der Waals surface area contributed by atoms with Crippen LogP contribution in [-0.4, -0.2) is 22.4 Å². The second-order valence-electron chi connectivity index (χ2n) is 3.45. The highest BCUT2D eigenvalue weighted by atomic mass is 32.2. The summed E-state index contributed by atoms with van der Waals surface area (Å²) >= 11 is 1.19. The number of hydrogen-bond donors (Lipinski definition) is 2. The van der Waals surface area contributed by atoms with E-state index in [0.29, 0.717) is 4.90 Å². The van der Waals surface area contributed by atoms with Gasteiger partial charge in [0.1, 0.15) is 11.1 Å². The average molecular weight is 227 g/mol. The Balaban J connectivity index is 2.34. The molecule has 1 heterocycles. The van der Waals surface area contributed by atoms with Gasteiger partial charge in [-0.25, -0.2) is 4.39 Å². The molecule has 1 aromatic carbocycles. The van der Waals surface area contributed by atoms with Crippen LogP contribution in [0.1, 0.15) is 6.92 Å². The zero-order chi connectivity index (χ0) is 11.0. The fourth-order valence-electron chi connectivity index (χ4n) is 1.54. The van der Waals surface area contributed by atoms with Gasteiger partial charge in [0.25, 0.3) is 0 Å². The highest BCUT2D eigenvalue weighted by Gasteiger charge is 2.31. The van der Waals surface area contributed by atoms with Crippen molar-refractivity contribution in [3.63, 3.8) is 0 Å². The molecule has 0 saturated heterocycles. The van der Waals surface area contributed by atoms with Crippen molar-refractivity contribution in [3.8, 4) is 0 Å². The number of carbonyl (C=O) groups is 1. The molecule has 2 atom stereocenters. The van der Waals surface area contributed by atoms with Gasteiger partial charge in [0.05, 0.1) is 0 Å². The zero-order valence-electron chi connectivity index (χ0n) is 8.03. The summed E-state index contributed by atoms with van der Waals surface area (Å²) in [6.45, 7) is 1.80. The Labute approximate surface area is 90.7 Å². The average Bonchev–Trinajstić information content (AvgIpc) is 2.17. The maximum atomic E-state index is 12.9. The zero-order valence-corrected chi connectivity index (χ0v) is 8.84. The maximum Gasteiger partial charge on any atom is 0.319 e. The molecule has 80 valence electrons. The van der Waals surface area contributed by atoms with Crippen LogP contribution in [0, 0.1) is 5.82 Å². The molecule has 0 aromatic heterocycles. The molecule has 3 nitrogen and oxygen atoms in total. The lowest BCUT2D eigenvalue weighted by molar-refractivity contribution is -0.136. The fraction of sp³-hybridized carbons (Fsp3) is 0.300. The summed E-state index contributed by atoms with van der Waals surface area (Å²) in [5.74, 6) is -1.23. The Kier molecular flexibility index (Phi) is 2.56. The molecule has 5 heteroatoms. The molecule has 2 N–H and O–H groups in total. The highest BCUT2D eigenvalue weighted by Crippen LogP contribution is 2.38. The first-order chi connectivity index (χ1) is 7.08. The molecular weight excluding hydrogens is 217 g/mol. The number of anilines is 1. The van der Waals surface area contributed by atoms with Crippen LogP contribution in [0.2, 0.25) is 0 Å². The number of hydrogen-bond acceptors (Lipinski definition) is 3. The third-order valence-electron chi connectivity index (χ3n) is 2.28. The number of thioether (sulfide) groups is 1. The van der Waals surface area contributed by atoms with Gasteiger partial charge in [0.15, 0.2) is 0 Å². The molecule has 0 amide bonds. The van der Waals surface area contributed by atoms with Crippen LogP contribution in [-0.2, 0) is 4.79 Å². The van der Waals surface area contributed by atoms with Crippen molar-refractivity contribution in [1.29, 1.82) is 0 Å². The fourth-order valence-corrected chi connectivity index (χ4v) is 2.62. The van der Waals surface area contributed by atoms with Crippen LogP contribution in [0.25, 0.3) is 0 Å². The van der Waals surface area contributed by atoms with Crippen molar-refractivity contribution >= 4 is 23.4 Å². The summed E-state index contributed by atoms with van der Waals surface area (Å²) in [4.78, 5) is 11.6. The van der Waals surface area contributed by atoms with E-state index in [1.165, 1.54) is 23.9 Å². The van der Waals surface area contributed by atoms with Gasteiger partial charge in [-0.1, -0.05) is 0 Å². The third kappa shape index (κ3) is 1.92. The standard InChI is InChI=1S/C10H10FNO2S/c1-5-9(10(13)14)15-8-4-6(11)2-3-7(8)12-5/h2-5,9,12H,1H3,(H,13,14). The smallest absolute Gasteiger partial charge is 0.319 e. The highest BCUT2D eigenvalue weighted by molar-refractivity contribution is 8.00. The quantitative estimate of drug-likeness (QED) is 0.772. The summed E-state index contributed by atoms with van der Waals surface area (Å²) in [6, 6.07) is 4.19. The van der Waals surface area contributed by atoms with E-state index in [0.717, 1.165) is 5.69 Å². The molecule has 0 spiro atoms. The largest absolute Gasteiger partial charge is 0.480 e. The van der Waals surface area contributed by atoms with Gasteiger partial charge < -0.3 is 10.4 Å². The molecule has 1 aliphatic rings. The van der Waals surface area contributed by atoms with Crippen LogP contribution in [0.4, 0.5) is 10.1 Å². The van der Waals surface area contributed by atoms with Gasteiger partial charge in [-0.15, -0.1) is 11.8 Å². The lowest BCUT2D eigenvalue weighted by Gasteiger charge is -2.29. The van der Waals surface area contributed by atoms with Gasteiger partial charge in [-0.2, -0.15) is 0 Å². The lowest BCUT2D eigenvalue weighted by Crippen LogP contribution is -2.37. The molecule has 0 bridgehead atoms. The van der Waals surface area contributed by atoms with Crippen LogP contribution in [0.5, 0.6) is 0 Å². The molecule has 2 unspecified atom stereocenters. The molecule has 15 heavy (non-hydrogen) atoms. The molecular formula is C10H10FNO2S. The van der Waals surface area contributed by atoms with E-state index >= 15 is 0 Å². The number of fused-ring (bicyclic) bond motifs is 1. The monoisotopic (exact) mass is 227 g/mol. The van der Waals surface area contributed by atoms with Crippen LogP contribution in [0.3, 0.4) is 0 Å². The normalized spacial score (nSPS) is 24.1. The second-order valence-corrected chi connectivity index (χ2v) is 4.63. The minimum atomic E-state index is -0.880. The van der Waals surface area contributed by atoms with Crippen molar-refractivity contribution in [2.24, 2.45) is 0 Å².